The molecule has 0 saturated heterocycles. The molecule has 1 nitrogen and oxygen atoms in total. The van der Waals surface area contributed by atoms with Gasteiger partial charge in [0.2, 0.25) is 0 Å². The molecule has 2 aliphatic rings. The topological polar surface area (TPSA) is 26.0 Å². The minimum atomic E-state index is -2.65. The van der Waals surface area contributed by atoms with E-state index in [1.165, 1.54) is 0 Å². The van der Waals surface area contributed by atoms with Crippen molar-refractivity contribution in [2.45, 2.75) is 37.1 Å². The van der Waals surface area contributed by atoms with Gasteiger partial charge in [-0.25, -0.2) is 8.78 Å². The molecule has 0 unspecified atom stereocenters. The van der Waals surface area contributed by atoms with Crippen LogP contribution in [-0.2, 0) is 11.5 Å². The monoisotopic (exact) mass is 223 g/mol. The molecule has 0 bridgehead atoms. The first-order valence-electron chi connectivity index (χ1n) is 5.80. The summed E-state index contributed by atoms with van der Waals surface area (Å²) in [7, 11) is 0. The minimum Gasteiger partial charge on any atom is -0.321 e. The van der Waals surface area contributed by atoms with Crippen LogP contribution < -0.4 is 5.73 Å². The summed E-state index contributed by atoms with van der Waals surface area (Å²) in [4.78, 5) is 0. The molecule has 2 fully saturated rings. The van der Waals surface area contributed by atoms with Gasteiger partial charge in [-0.1, -0.05) is 24.3 Å². The zero-order chi connectivity index (χ0) is 11.4. The van der Waals surface area contributed by atoms with Crippen molar-refractivity contribution >= 4 is 0 Å². The van der Waals surface area contributed by atoms with E-state index in [1.807, 2.05) is 0 Å². The highest BCUT2D eigenvalue weighted by Gasteiger charge is 2.48. The Morgan fingerprint density at radius 3 is 2.12 bits per heavy atom. The lowest BCUT2D eigenvalue weighted by atomic mass is 9.99. The largest absolute Gasteiger partial charge is 0.321 e. The SMILES string of the molecule is NC1(c2ccc(C(F)(F)C3CC3)cc2)CC1. The Morgan fingerprint density at radius 2 is 1.69 bits per heavy atom. The molecule has 0 radical (unpaired) electrons. The molecular formula is C13H15F2N. The lowest BCUT2D eigenvalue weighted by Gasteiger charge is -2.17. The first kappa shape index (κ1) is 10.2. The molecule has 0 spiro atoms. The van der Waals surface area contributed by atoms with Crippen molar-refractivity contribution in [2.24, 2.45) is 11.7 Å². The Labute approximate surface area is 93.6 Å². The predicted molar refractivity (Wildman–Crippen MR) is 58.2 cm³/mol. The summed E-state index contributed by atoms with van der Waals surface area (Å²) >= 11 is 0. The Morgan fingerprint density at radius 1 is 1.12 bits per heavy atom. The van der Waals surface area contributed by atoms with E-state index in [9.17, 15) is 8.78 Å². The van der Waals surface area contributed by atoms with E-state index < -0.39 is 11.8 Å². The van der Waals surface area contributed by atoms with Crippen LogP contribution in [-0.4, -0.2) is 0 Å². The van der Waals surface area contributed by atoms with Gasteiger partial charge in [0.25, 0.3) is 5.92 Å². The minimum absolute atomic E-state index is 0.142. The molecule has 1 aromatic rings. The van der Waals surface area contributed by atoms with E-state index in [1.54, 1.807) is 24.3 Å². The molecule has 0 aliphatic heterocycles. The lowest BCUT2D eigenvalue weighted by Crippen LogP contribution is -2.20. The quantitative estimate of drug-likeness (QED) is 0.837. The Kier molecular flexibility index (Phi) is 1.94. The summed E-state index contributed by atoms with van der Waals surface area (Å²) in [6.07, 6.45) is 3.22. The van der Waals surface area contributed by atoms with Crippen LogP contribution in [0.15, 0.2) is 24.3 Å². The summed E-state index contributed by atoms with van der Waals surface area (Å²) in [6.45, 7) is 0. The van der Waals surface area contributed by atoms with Gasteiger partial charge in [-0.2, -0.15) is 0 Å². The molecule has 86 valence electrons. The number of nitrogens with two attached hydrogens (primary N) is 1. The van der Waals surface area contributed by atoms with Crippen molar-refractivity contribution in [2.75, 3.05) is 0 Å². The van der Waals surface area contributed by atoms with Gasteiger partial charge in [0.05, 0.1) is 0 Å². The molecule has 3 heteroatoms. The maximum atomic E-state index is 13.8. The van der Waals surface area contributed by atoms with Gasteiger partial charge in [0.1, 0.15) is 0 Å². The molecule has 2 N–H and O–H groups in total. The fourth-order valence-corrected chi connectivity index (χ4v) is 2.13. The summed E-state index contributed by atoms with van der Waals surface area (Å²) in [6, 6.07) is 6.61. The predicted octanol–water partition coefficient (Wildman–Crippen LogP) is 3.14. The fourth-order valence-electron chi connectivity index (χ4n) is 2.13. The van der Waals surface area contributed by atoms with Crippen molar-refractivity contribution in [3.63, 3.8) is 0 Å². The van der Waals surface area contributed by atoms with Gasteiger partial charge in [-0.3, -0.25) is 0 Å². The average Bonchev–Trinajstić information content (AvgIpc) is 3.12. The van der Waals surface area contributed by atoms with Crippen LogP contribution in [0.25, 0.3) is 0 Å². The third kappa shape index (κ3) is 1.54. The van der Waals surface area contributed by atoms with Crippen LogP contribution in [0.4, 0.5) is 8.78 Å². The highest BCUT2D eigenvalue weighted by atomic mass is 19.3. The van der Waals surface area contributed by atoms with Crippen molar-refractivity contribution in [1.29, 1.82) is 0 Å². The highest BCUT2D eigenvalue weighted by molar-refractivity contribution is 5.34. The second-order valence-corrected chi connectivity index (χ2v) is 5.13. The average molecular weight is 223 g/mol. The molecule has 0 atom stereocenters. The van der Waals surface area contributed by atoms with E-state index in [4.69, 9.17) is 5.73 Å². The second-order valence-electron chi connectivity index (χ2n) is 5.13. The van der Waals surface area contributed by atoms with Gasteiger partial charge in [0.15, 0.2) is 0 Å². The van der Waals surface area contributed by atoms with Gasteiger partial charge in [0, 0.05) is 17.0 Å². The van der Waals surface area contributed by atoms with Crippen LogP contribution in [0.1, 0.15) is 36.8 Å². The maximum absolute atomic E-state index is 13.8. The van der Waals surface area contributed by atoms with E-state index in [2.05, 4.69) is 0 Å². The number of rotatable bonds is 3. The van der Waals surface area contributed by atoms with Crippen LogP contribution in [0.2, 0.25) is 0 Å². The normalized spacial score (nSPS) is 23.2. The zero-order valence-electron chi connectivity index (χ0n) is 9.05. The van der Waals surface area contributed by atoms with Gasteiger partial charge in [-0.05, 0) is 31.2 Å². The van der Waals surface area contributed by atoms with Gasteiger partial charge in [-0.15, -0.1) is 0 Å². The molecule has 0 heterocycles. The molecule has 2 aliphatic carbocycles. The second kappa shape index (κ2) is 3.04. The molecule has 0 amide bonds. The number of alkyl halides is 2. The maximum Gasteiger partial charge on any atom is 0.276 e. The lowest BCUT2D eigenvalue weighted by molar-refractivity contribution is -0.0285. The Bertz CT molecular complexity index is 402. The van der Waals surface area contributed by atoms with Crippen LogP contribution >= 0.6 is 0 Å². The molecule has 1 aromatic carbocycles. The molecule has 2 saturated carbocycles. The Hall–Kier alpha value is -0.960. The number of hydrogen-bond acceptors (Lipinski definition) is 1. The number of hydrogen-bond donors (Lipinski definition) is 1. The van der Waals surface area contributed by atoms with Crippen molar-refractivity contribution in [1.82, 2.24) is 0 Å². The molecule has 16 heavy (non-hydrogen) atoms. The Balaban J connectivity index is 1.87. The summed E-state index contributed by atoms with van der Waals surface area (Å²) in [5.41, 5.74) is 6.91. The third-order valence-electron chi connectivity index (χ3n) is 3.72. The fraction of sp³-hybridized carbons (Fsp3) is 0.538. The van der Waals surface area contributed by atoms with Gasteiger partial charge < -0.3 is 5.73 Å². The zero-order valence-corrected chi connectivity index (χ0v) is 9.05. The van der Waals surface area contributed by atoms with Crippen molar-refractivity contribution in [3.05, 3.63) is 35.4 Å². The van der Waals surface area contributed by atoms with E-state index >= 15 is 0 Å². The van der Waals surface area contributed by atoms with Crippen LogP contribution in [0.5, 0.6) is 0 Å². The van der Waals surface area contributed by atoms with Crippen LogP contribution in [0, 0.1) is 5.92 Å². The highest BCUT2D eigenvalue weighted by Crippen LogP contribution is 2.50. The summed E-state index contributed by atoms with van der Waals surface area (Å²) in [5.74, 6) is -3.09. The van der Waals surface area contributed by atoms with E-state index in [-0.39, 0.29) is 11.1 Å². The van der Waals surface area contributed by atoms with E-state index in [0.717, 1.165) is 18.4 Å². The summed E-state index contributed by atoms with van der Waals surface area (Å²) in [5, 5.41) is 0. The molecule has 3 rings (SSSR count). The van der Waals surface area contributed by atoms with Crippen molar-refractivity contribution in [3.8, 4) is 0 Å². The first-order chi connectivity index (χ1) is 7.52. The third-order valence-corrected chi connectivity index (χ3v) is 3.72. The van der Waals surface area contributed by atoms with Crippen LogP contribution in [0.3, 0.4) is 0 Å². The van der Waals surface area contributed by atoms with E-state index in [0.29, 0.717) is 12.8 Å². The standard InChI is InChI=1S/C13H15F2N/c14-13(15,11-5-6-11)10-3-1-9(2-4-10)12(16)7-8-12/h1-4,11H,5-8,16H2. The first-order valence-corrected chi connectivity index (χ1v) is 5.80. The van der Waals surface area contributed by atoms with Crippen molar-refractivity contribution < 1.29 is 8.78 Å². The van der Waals surface area contributed by atoms with Gasteiger partial charge >= 0.3 is 0 Å². The number of benzene rings is 1. The molecular weight excluding hydrogens is 208 g/mol. The number of halogens is 2. The molecule has 0 aromatic heterocycles. The summed E-state index contributed by atoms with van der Waals surface area (Å²) < 4.78 is 27.5. The smallest absolute Gasteiger partial charge is 0.276 e.